The Kier molecular flexibility index (Phi) is 7.92. The van der Waals surface area contributed by atoms with E-state index in [1.807, 2.05) is 0 Å². The van der Waals surface area contributed by atoms with E-state index in [2.05, 4.69) is 38.3 Å². The van der Waals surface area contributed by atoms with E-state index >= 15 is 0 Å². The van der Waals surface area contributed by atoms with Gasteiger partial charge in [-0.3, -0.25) is 0 Å². The largest absolute Gasteiger partial charge is 0.312 e. The van der Waals surface area contributed by atoms with E-state index in [-0.39, 0.29) is 0 Å². The summed E-state index contributed by atoms with van der Waals surface area (Å²) in [6.07, 6.45) is 8.13. The number of hydrogen-bond donors (Lipinski definition) is 2. The first kappa shape index (κ1) is 16.0. The number of hydrogen-bond acceptors (Lipinski definition) is 2. The summed E-state index contributed by atoms with van der Waals surface area (Å²) in [5.41, 5.74) is 0. The second-order valence-electron chi connectivity index (χ2n) is 6.77. The minimum Gasteiger partial charge on any atom is -0.312 e. The van der Waals surface area contributed by atoms with Crippen LogP contribution in [0.4, 0.5) is 0 Å². The van der Waals surface area contributed by atoms with Gasteiger partial charge in [0.1, 0.15) is 0 Å². The highest BCUT2D eigenvalue weighted by Gasteiger charge is 2.23. The lowest BCUT2D eigenvalue weighted by Crippen LogP contribution is -2.50. The van der Waals surface area contributed by atoms with Gasteiger partial charge in [-0.1, -0.05) is 40.5 Å². The first-order chi connectivity index (χ1) is 8.59. The van der Waals surface area contributed by atoms with E-state index in [1.54, 1.807) is 0 Å². The summed E-state index contributed by atoms with van der Waals surface area (Å²) in [7, 11) is 0. The molecular weight excluding hydrogens is 220 g/mol. The Labute approximate surface area is 114 Å². The molecule has 1 rings (SSSR count). The van der Waals surface area contributed by atoms with Crippen LogP contribution in [0, 0.1) is 11.8 Å². The van der Waals surface area contributed by atoms with Gasteiger partial charge in [0.15, 0.2) is 0 Å². The molecule has 0 aromatic heterocycles. The van der Waals surface area contributed by atoms with E-state index < -0.39 is 0 Å². The third-order valence-corrected chi connectivity index (χ3v) is 4.02. The van der Waals surface area contributed by atoms with E-state index in [1.165, 1.54) is 51.6 Å². The van der Waals surface area contributed by atoms with Gasteiger partial charge in [0, 0.05) is 12.1 Å². The van der Waals surface area contributed by atoms with Crippen LogP contribution in [0.25, 0.3) is 0 Å². The Bertz CT molecular complexity index is 179. The van der Waals surface area contributed by atoms with Gasteiger partial charge in [0.25, 0.3) is 0 Å². The van der Waals surface area contributed by atoms with Crippen LogP contribution in [0.15, 0.2) is 0 Å². The summed E-state index contributed by atoms with van der Waals surface area (Å²) in [5.74, 6) is 1.63. The standard InChI is InChI=1S/C16H34N2/c1-13(2)9-11-17-15-7-5-6-8-16(15)18-12-10-14(3)4/h13-18H,5-12H2,1-4H3/t15-,16-/m1/s1. The van der Waals surface area contributed by atoms with Gasteiger partial charge in [0.2, 0.25) is 0 Å². The third-order valence-electron chi connectivity index (χ3n) is 4.02. The average Bonchev–Trinajstić information content (AvgIpc) is 2.30. The van der Waals surface area contributed by atoms with E-state index in [4.69, 9.17) is 0 Å². The smallest absolute Gasteiger partial charge is 0.0221 e. The molecule has 0 aromatic rings. The van der Waals surface area contributed by atoms with Crippen molar-refractivity contribution in [1.82, 2.24) is 10.6 Å². The monoisotopic (exact) mass is 254 g/mol. The fourth-order valence-electron chi connectivity index (χ4n) is 2.73. The predicted molar refractivity (Wildman–Crippen MR) is 81.0 cm³/mol. The van der Waals surface area contributed by atoms with Crippen LogP contribution in [-0.4, -0.2) is 25.2 Å². The van der Waals surface area contributed by atoms with Crippen LogP contribution >= 0.6 is 0 Å². The maximum atomic E-state index is 3.78. The van der Waals surface area contributed by atoms with E-state index in [9.17, 15) is 0 Å². The van der Waals surface area contributed by atoms with Crippen molar-refractivity contribution < 1.29 is 0 Å². The maximum Gasteiger partial charge on any atom is 0.0221 e. The highest BCUT2D eigenvalue weighted by atomic mass is 15.0. The van der Waals surface area contributed by atoms with Gasteiger partial charge in [-0.05, 0) is 50.6 Å². The minimum atomic E-state index is 0.713. The highest BCUT2D eigenvalue weighted by molar-refractivity contribution is 4.86. The molecule has 1 aliphatic carbocycles. The van der Waals surface area contributed by atoms with Gasteiger partial charge in [-0.15, -0.1) is 0 Å². The van der Waals surface area contributed by atoms with Crippen molar-refractivity contribution in [3.8, 4) is 0 Å². The molecule has 2 N–H and O–H groups in total. The van der Waals surface area contributed by atoms with E-state index in [0.29, 0.717) is 12.1 Å². The molecule has 0 radical (unpaired) electrons. The van der Waals surface area contributed by atoms with Crippen molar-refractivity contribution in [3.05, 3.63) is 0 Å². The Balaban J connectivity index is 2.23. The maximum absolute atomic E-state index is 3.78. The molecule has 0 saturated heterocycles. The second kappa shape index (κ2) is 8.92. The zero-order chi connectivity index (χ0) is 13.4. The molecule has 0 aliphatic heterocycles. The molecule has 0 heterocycles. The molecule has 2 nitrogen and oxygen atoms in total. The van der Waals surface area contributed by atoms with Crippen molar-refractivity contribution in [2.45, 2.75) is 78.3 Å². The Morgan fingerprint density at radius 1 is 0.778 bits per heavy atom. The summed E-state index contributed by atoms with van der Waals surface area (Å²) in [4.78, 5) is 0. The van der Waals surface area contributed by atoms with E-state index in [0.717, 1.165) is 11.8 Å². The Morgan fingerprint density at radius 2 is 1.17 bits per heavy atom. The molecule has 108 valence electrons. The Morgan fingerprint density at radius 3 is 1.50 bits per heavy atom. The van der Waals surface area contributed by atoms with Gasteiger partial charge in [-0.2, -0.15) is 0 Å². The van der Waals surface area contributed by atoms with Crippen molar-refractivity contribution in [3.63, 3.8) is 0 Å². The average molecular weight is 254 g/mol. The lowest BCUT2D eigenvalue weighted by molar-refractivity contribution is 0.276. The van der Waals surface area contributed by atoms with Crippen molar-refractivity contribution in [1.29, 1.82) is 0 Å². The molecule has 2 heteroatoms. The van der Waals surface area contributed by atoms with Crippen LogP contribution in [0.5, 0.6) is 0 Å². The molecule has 1 saturated carbocycles. The predicted octanol–water partition coefficient (Wildman–Crippen LogP) is 3.57. The molecule has 0 amide bonds. The summed E-state index contributed by atoms with van der Waals surface area (Å²) < 4.78 is 0. The zero-order valence-electron chi connectivity index (χ0n) is 13.0. The topological polar surface area (TPSA) is 24.1 Å². The molecule has 0 aromatic carbocycles. The molecule has 18 heavy (non-hydrogen) atoms. The Hall–Kier alpha value is -0.0800. The fourth-order valence-corrected chi connectivity index (χ4v) is 2.73. The van der Waals surface area contributed by atoms with Crippen molar-refractivity contribution in [2.75, 3.05) is 13.1 Å². The normalized spacial score (nSPS) is 25.0. The quantitative estimate of drug-likeness (QED) is 0.692. The molecule has 0 bridgehead atoms. The molecule has 1 aliphatic rings. The third kappa shape index (κ3) is 6.75. The van der Waals surface area contributed by atoms with Gasteiger partial charge >= 0.3 is 0 Å². The summed E-state index contributed by atoms with van der Waals surface area (Å²) >= 11 is 0. The lowest BCUT2D eigenvalue weighted by atomic mass is 9.90. The van der Waals surface area contributed by atoms with Crippen molar-refractivity contribution in [2.24, 2.45) is 11.8 Å². The first-order valence-corrected chi connectivity index (χ1v) is 8.06. The van der Waals surface area contributed by atoms with Crippen LogP contribution in [0.3, 0.4) is 0 Å². The molecule has 0 unspecified atom stereocenters. The molecule has 2 atom stereocenters. The van der Waals surface area contributed by atoms with Crippen molar-refractivity contribution >= 4 is 0 Å². The second-order valence-corrected chi connectivity index (χ2v) is 6.77. The van der Waals surface area contributed by atoms with Crippen LogP contribution in [0.2, 0.25) is 0 Å². The molecule has 0 spiro atoms. The summed E-state index contributed by atoms with van der Waals surface area (Å²) in [6.45, 7) is 11.6. The van der Waals surface area contributed by atoms with Crippen LogP contribution in [-0.2, 0) is 0 Å². The van der Waals surface area contributed by atoms with Gasteiger partial charge < -0.3 is 10.6 Å². The molecular formula is C16H34N2. The van der Waals surface area contributed by atoms with Gasteiger partial charge in [-0.25, -0.2) is 0 Å². The summed E-state index contributed by atoms with van der Waals surface area (Å²) in [6, 6.07) is 1.43. The number of rotatable bonds is 8. The molecule has 1 fully saturated rings. The van der Waals surface area contributed by atoms with Gasteiger partial charge in [0.05, 0.1) is 0 Å². The first-order valence-electron chi connectivity index (χ1n) is 8.06. The highest BCUT2D eigenvalue weighted by Crippen LogP contribution is 2.19. The van der Waals surface area contributed by atoms with Crippen LogP contribution < -0.4 is 10.6 Å². The summed E-state index contributed by atoms with van der Waals surface area (Å²) in [5, 5.41) is 7.56. The minimum absolute atomic E-state index is 0.713. The van der Waals surface area contributed by atoms with Crippen LogP contribution in [0.1, 0.15) is 66.2 Å². The SMILES string of the molecule is CC(C)CCN[C@@H]1CCCC[C@H]1NCCC(C)C. The fraction of sp³-hybridized carbons (Fsp3) is 1.00. The number of nitrogens with one attached hydrogen (secondary N) is 2. The zero-order valence-corrected chi connectivity index (χ0v) is 13.0. The lowest BCUT2D eigenvalue weighted by Gasteiger charge is -2.33.